The molecule has 2 nitrogen and oxygen atoms in total. The highest BCUT2D eigenvalue weighted by Crippen LogP contribution is 2.26. The summed E-state index contributed by atoms with van der Waals surface area (Å²) in [5.74, 6) is -0.156. The van der Waals surface area contributed by atoms with Crippen LogP contribution in [0.2, 0.25) is 0 Å². The van der Waals surface area contributed by atoms with Crippen LogP contribution in [0.3, 0.4) is 0 Å². The van der Waals surface area contributed by atoms with Crippen molar-refractivity contribution < 1.29 is 22.6 Å². The number of hydrogen-bond donors (Lipinski definition) is 0. The third kappa shape index (κ3) is 5.94. The smallest absolute Gasteiger partial charge is 0.266 e. The van der Waals surface area contributed by atoms with E-state index in [0.29, 0.717) is 37.2 Å². The number of rotatable bonds is 7. The Hall–Kier alpha value is -2.11. The first-order chi connectivity index (χ1) is 14.0. The molecule has 1 fully saturated rings. The van der Waals surface area contributed by atoms with Gasteiger partial charge in [-0.2, -0.15) is 8.78 Å². The van der Waals surface area contributed by atoms with Crippen LogP contribution in [-0.2, 0) is 28.7 Å². The van der Waals surface area contributed by atoms with E-state index < -0.39 is 6.08 Å². The summed E-state index contributed by atoms with van der Waals surface area (Å²) in [7, 11) is 0. The van der Waals surface area contributed by atoms with Crippen molar-refractivity contribution in [3.05, 3.63) is 82.2 Å². The molecule has 5 heteroatoms. The van der Waals surface area contributed by atoms with Crippen molar-refractivity contribution in [2.24, 2.45) is 0 Å². The van der Waals surface area contributed by atoms with Gasteiger partial charge in [-0.15, -0.1) is 0 Å². The Morgan fingerprint density at radius 3 is 2.34 bits per heavy atom. The monoisotopic (exact) mass is 404 g/mol. The summed E-state index contributed by atoms with van der Waals surface area (Å²) in [6, 6.07) is 11.6. The lowest BCUT2D eigenvalue weighted by molar-refractivity contribution is -0.189. The molecule has 0 bridgehead atoms. The second-order valence-corrected chi connectivity index (χ2v) is 7.50. The van der Waals surface area contributed by atoms with Gasteiger partial charge in [-0.3, -0.25) is 0 Å². The molecule has 0 aliphatic carbocycles. The van der Waals surface area contributed by atoms with E-state index in [0.717, 1.165) is 18.1 Å². The maximum atomic E-state index is 14.4. The van der Waals surface area contributed by atoms with Gasteiger partial charge in [0.15, 0.2) is 6.29 Å². The first-order valence-corrected chi connectivity index (χ1v) is 10.1. The summed E-state index contributed by atoms with van der Waals surface area (Å²) in [4.78, 5) is 0. The molecule has 0 saturated carbocycles. The Morgan fingerprint density at radius 2 is 1.76 bits per heavy atom. The largest absolute Gasteiger partial charge is 0.352 e. The van der Waals surface area contributed by atoms with E-state index in [1.54, 1.807) is 13.0 Å². The average Bonchev–Trinajstić information content (AvgIpc) is 2.72. The molecule has 3 rings (SSSR count). The highest BCUT2D eigenvalue weighted by Gasteiger charge is 2.24. The van der Waals surface area contributed by atoms with E-state index in [1.165, 1.54) is 17.2 Å². The third-order valence-electron chi connectivity index (χ3n) is 5.43. The van der Waals surface area contributed by atoms with Crippen molar-refractivity contribution in [3.63, 3.8) is 0 Å². The van der Waals surface area contributed by atoms with E-state index in [9.17, 15) is 13.2 Å². The van der Waals surface area contributed by atoms with Crippen molar-refractivity contribution in [3.8, 4) is 0 Å². The predicted octanol–water partition coefficient (Wildman–Crippen LogP) is 6.11. The maximum absolute atomic E-state index is 14.4. The van der Waals surface area contributed by atoms with Crippen LogP contribution in [0.5, 0.6) is 0 Å². The Balaban J connectivity index is 1.52. The van der Waals surface area contributed by atoms with Crippen LogP contribution in [0.4, 0.5) is 13.2 Å². The summed E-state index contributed by atoms with van der Waals surface area (Å²) in [5, 5.41) is 0. The van der Waals surface area contributed by atoms with E-state index in [4.69, 9.17) is 9.47 Å². The molecule has 29 heavy (non-hydrogen) atoms. The van der Waals surface area contributed by atoms with E-state index in [1.807, 2.05) is 0 Å². The number of ether oxygens (including phenoxy) is 2. The van der Waals surface area contributed by atoms with Crippen LogP contribution in [0, 0.1) is 12.7 Å². The van der Waals surface area contributed by atoms with Crippen LogP contribution >= 0.6 is 0 Å². The number of hydrogen-bond acceptors (Lipinski definition) is 2. The van der Waals surface area contributed by atoms with Gasteiger partial charge in [-0.05, 0) is 66.1 Å². The molecular weight excluding hydrogens is 377 g/mol. The molecule has 0 N–H and O–H groups in total. The first-order valence-electron chi connectivity index (χ1n) is 10.1. The van der Waals surface area contributed by atoms with Gasteiger partial charge in [0.2, 0.25) is 0 Å². The van der Waals surface area contributed by atoms with Crippen molar-refractivity contribution >= 4 is 0 Å². The molecule has 0 unspecified atom stereocenters. The molecule has 0 radical (unpaired) electrons. The average molecular weight is 404 g/mol. The lowest BCUT2D eigenvalue weighted by Gasteiger charge is -2.30. The molecule has 2 aromatic carbocycles. The van der Waals surface area contributed by atoms with Gasteiger partial charge in [0, 0.05) is 12.3 Å². The molecular formula is C24H27F3O2. The van der Waals surface area contributed by atoms with Crippen LogP contribution in [0.1, 0.15) is 47.1 Å². The first kappa shape index (κ1) is 21.6. The third-order valence-corrected chi connectivity index (χ3v) is 5.43. The Bertz CT molecular complexity index is 811. The van der Waals surface area contributed by atoms with Gasteiger partial charge in [0.05, 0.1) is 13.2 Å². The van der Waals surface area contributed by atoms with Gasteiger partial charge in [0.1, 0.15) is 5.82 Å². The SMILES string of the molecule is CCc1ccc(C2COC(CCc3c(C)cc(CC=C(F)F)cc3F)OC2)cc1. The summed E-state index contributed by atoms with van der Waals surface area (Å²) in [6.07, 6.45) is 0.755. The minimum absolute atomic E-state index is 0.0237. The standard InChI is InChI=1S/C24H27F3O2/c1-3-17-4-7-19(8-5-17)20-14-28-24(29-15-20)11-9-21-16(2)12-18(13-22(21)25)6-10-23(26)27/h4-5,7-8,10,12-13,20,24H,3,6,9,11,14-15H2,1-2H3. The Kier molecular flexibility index (Phi) is 7.51. The van der Waals surface area contributed by atoms with E-state index in [2.05, 4.69) is 31.2 Å². The number of benzene rings is 2. The Labute approximate surface area is 170 Å². The lowest BCUT2D eigenvalue weighted by Crippen LogP contribution is -2.31. The van der Waals surface area contributed by atoms with Crippen LogP contribution in [-0.4, -0.2) is 19.5 Å². The zero-order valence-electron chi connectivity index (χ0n) is 16.9. The zero-order chi connectivity index (χ0) is 20.8. The molecule has 1 saturated heterocycles. The minimum Gasteiger partial charge on any atom is -0.352 e. The fourth-order valence-corrected chi connectivity index (χ4v) is 3.66. The zero-order valence-corrected chi connectivity index (χ0v) is 16.9. The highest BCUT2D eigenvalue weighted by atomic mass is 19.3. The quantitative estimate of drug-likeness (QED) is 0.554. The number of halogens is 3. The van der Waals surface area contributed by atoms with Crippen LogP contribution in [0.15, 0.2) is 48.6 Å². The van der Waals surface area contributed by atoms with Crippen molar-refractivity contribution in [1.29, 1.82) is 0 Å². The molecule has 1 aliphatic rings. The molecule has 0 spiro atoms. The molecule has 0 aromatic heterocycles. The summed E-state index contributed by atoms with van der Waals surface area (Å²) in [6.45, 7) is 5.09. The fraction of sp³-hybridized carbons (Fsp3) is 0.417. The van der Waals surface area contributed by atoms with Crippen LogP contribution in [0.25, 0.3) is 0 Å². The molecule has 0 amide bonds. The minimum atomic E-state index is -1.75. The summed E-state index contributed by atoms with van der Waals surface area (Å²) >= 11 is 0. The lowest BCUT2D eigenvalue weighted by atomic mass is 9.97. The van der Waals surface area contributed by atoms with Gasteiger partial charge in [0.25, 0.3) is 6.08 Å². The van der Waals surface area contributed by atoms with Gasteiger partial charge >= 0.3 is 0 Å². The summed E-state index contributed by atoms with van der Waals surface area (Å²) in [5.41, 5.74) is 4.40. The molecule has 1 aliphatic heterocycles. The maximum Gasteiger partial charge on any atom is 0.266 e. The molecule has 0 atom stereocenters. The van der Waals surface area contributed by atoms with Gasteiger partial charge < -0.3 is 9.47 Å². The normalized spacial score (nSPS) is 19.2. The van der Waals surface area contributed by atoms with Crippen molar-refractivity contribution in [1.82, 2.24) is 0 Å². The van der Waals surface area contributed by atoms with Crippen molar-refractivity contribution in [2.75, 3.05) is 13.2 Å². The molecule has 2 aromatic rings. The van der Waals surface area contributed by atoms with Gasteiger partial charge in [-0.25, -0.2) is 4.39 Å². The van der Waals surface area contributed by atoms with Crippen LogP contribution < -0.4 is 0 Å². The molecule has 1 heterocycles. The Morgan fingerprint density at radius 1 is 1.07 bits per heavy atom. The van der Waals surface area contributed by atoms with E-state index >= 15 is 0 Å². The van der Waals surface area contributed by atoms with Gasteiger partial charge in [-0.1, -0.05) is 37.3 Å². The predicted molar refractivity (Wildman–Crippen MR) is 108 cm³/mol. The highest BCUT2D eigenvalue weighted by molar-refractivity contribution is 5.34. The molecule has 156 valence electrons. The second-order valence-electron chi connectivity index (χ2n) is 7.50. The fourth-order valence-electron chi connectivity index (χ4n) is 3.66. The van der Waals surface area contributed by atoms with E-state index in [-0.39, 0.29) is 24.4 Å². The topological polar surface area (TPSA) is 18.5 Å². The summed E-state index contributed by atoms with van der Waals surface area (Å²) < 4.78 is 50.6. The number of allylic oxidation sites excluding steroid dienone is 1. The van der Waals surface area contributed by atoms with Crippen molar-refractivity contribution in [2.45, 2.75) is 51.7 Å². The second kappa shape index (κ2) is 10.1. The number of aryl methyl sites for hydroxylation is 2.